The topological polar surface area (TPSA) is 69.0 Å². The summed E-state index contributed by atoms with van der Waals surface area (Å²) in [7, 11) is 1.84. The molecule has 8 heteroatoms. The first-order valence-corrected chi connectivity index (χ1v) is 9.58. The maximum Gasteiger partial charge on any atom is 0.237 e. The lowest BCUT2D eigenvalue weighted by molar-refractivity contribution is -0.115. The number of aromatic nitrogens is 3. The lowest BCUT2D eigenvalue weighted by atomic mass is 10.3. The number of amides is 1. The minimum Gasteiger partial charge on any atom is -0.484 e. The summed E-state index contributed by atoms with van der Waals surface area (Å²) >= 11 is 7.43. The first kappa shape index (κ1) is 19.3. The Morgan fingerprint density at radius 1 is 1.19 bits per heavy atom. The molecule has 0 radical (unpaired) electrons. The minimum absolute atomic E-state index is 0.0944. The zero-order valence-corrected chi connectivity index (χ0v) is 16.5. The highest BCUT2D eigenvalue weighted by atomic mass is 35.5. The molecular formula is C19H19ClN4O2S. The van der Waals surface area contributed by atoms with Crippen molar-refractivity contribution in [3.63, 3.8) is 0 Å². The smallest absolute Gasteiger partial charge is 0.237 e. The van der Waals surface area contributed by atoms with Crippen LogP contribution in [0, 0.1) is 0 Å². The van der Waals surface area contributed by atoms with E-state index in [0.29, 0.717) is 21.8 Å². The fourth-order valence-electron chi connectivity index (χ4n) is 2.25. The predicted octanol–water partition coefficient (Wildman–Crippen LogP) is 4.17. The van der Waals surface area contributed by atoms with Crippen molar-refractivity contribution in [2.24, 2.45) is 7.05 Å². The van der Waals surface area contributed by atoms with Crippen molar-refractivity contribution in [1.82, 2.24) is 14.8 Å². The van der Waals surface area contributed by atoms with E-state index in [1.807, 2.05) is 61.0 Å². The number of ether oxygens (including phenoxy) is 1. The lowest BCUT2D eigenvalue weighted by Crippen LogP contribution is -2.22. The third-order valence-corrected chi connectivity index (χ3v) is 5.26. The lowest BCUT2D eigenvalue weighted by Gasteiger charge is -2.12. The number of nitrogens with zero attached hydrogens (tertiary/aromatic N) is 3. The Bertz CT molecular complexity index is 917. The van der Waals surface area contributed by atoms with Gasteiger partial charge in [-0.3, -0.25) is 4.79 Å². The van der Waals surface area contributed by atoms with Crippen LogP contribution in [0.4, 0.5) is 5.69 Å². The quantitative estimate of drug-likeness (QED) is 0.601. The molecule has 3 aromatic rings. The van der Waals surface area contributed by atoms with Crippen molar-refractivity contribution >= 4 is 35.0 Å². The summed E-state index contributed by atoms with van der Waals surface area (Å²) in [6, 6.07) is 16.6. The number of benzene rings is 2. The average Bonchev–Trinajstić information content (AvgIpc) is 3.01. The van der Waals surface area contributed by atoms with Gasteiger partial charge in [0.05, 0.1) is 10.3 Å². The largest absolute Gasteiger partial charge is 0.484 e. The van der Waals surface area contributed by atoms with E-state index in [1.165, 1.54) is 11.8 Å². The first-order chi connectivity index (χ1) is 13.0. The van der Waals surface area contributed by atoms with E-state index < -0.39 is 0 Å². The monoisotopic (exact) mass is 402 g/mol. The molecule has 3 rings (SSSR count). The Morgan fingerprint density at radius 2 is 1.89 bits per heavy atom. The van der Waals surface area contributed by atoms with Gasteiger partial charge in [0.15, 0.2) is 11.0 Å². The summed E-state index contributed by atoms with van der Waals surface area (Å²) < 4.78 is 7.52. The van der Waals surface area contributed by atoms with Crippen molar-refractivity contribution < 1.29 is 9.53 Å². The van der Waals surface area contributed by atoms with Crippen molar-refractivity contribution in [2.45, 2.75) is 23.9 Å². The summed E-state index contributed by atoms with van der Waals surface area (Å²) in [4.78, 5) is 12.4. The fraction of sp³-hybridized carbons (Fsp3) is 0.211. The Labute approximate surface area is 166 Å². The second kappa shape index (κ2) is 8.92. The van der Waals surface area contributed by atoms with E-state index in [-0.39, 0.29) is 17.8 Å². The van der Waals surface area contributed by atoms with Crippen molar-refractivity contribution in [3.8, 4) is 5.75 Å². The predicted molar refractivity (Wildman–Crippen MR) is 107 cm³/mol. The number of carbonyl (C=O) groups excluding carboxylic acids is 1. The molecule has 0 aliphatic heterocycles. The van der Waals surface area contributed by atoms with Gasteiger partial charge in [-0.2, -0.15) is 0 Å². The number of para-hydroxylation sites is 2. The Morgan fingerprint density at radius 3 is 2.63 bits per heavy atom. The van der Waals surface area contributed by atoms with Gasteiger partial charge >= 0.3 is 0 Å². The highest BCUT2D eigenvalue weighted by Gasteiger charge is 2.19. The van der Waals surface area contributed by atoms with Gasteiger partial charge in [0.1, 0.15) is 12.4 Å². The summed E-state index contributed by atoms with van der Waals surface area (Å²) in [6.45, 7) is 2.07. The Hall–Kier alpha value is -2.51. The number of nitrogens with one attached hydrogen (secondary N) is 1. The van der Waals surface area contributed by atoms with Crippen LogP contribution in [-0.2, 0) is 18.4 Å². The first-order valence-electron chi connectivity index (χ1n) is 8.32. The molecule has 1 N–H and O–H groups in total. The summed E-state index contributed by atoms with van der Waals surface area (Å²) in [5.74, 6) is 1.14. The molecule has 0 unspecified atom stereocenters. The molecule has 0 bridgehead atoms. The summed E-state index contributed by atoms with van der Waals surface area (Å²) in [5.41, 5.74) is 0.766. The molecule has 0 saturated heterocycles. The van der Waals surface area contributed by atoms with Crippen LogP contribution in [0.25, 0.3) is 0 Å². The molecule has 1 amide bonds. The highest BCUT2D eigenvalue weighted by molar-refractivity contribution is 8.00. The van der Waals surface area contributed by atoms with E-state index in [1.54, 1.807) is 12.1 Å². The van der Waals surface area contributed by atoms with Crippen LogP contribution >= 0.6 is 23.4 Å². The number of hydrogen-bond donors (Lipinski definition) is 1. The van der Waals surface area contributed by atoms with Gasteiger partial charge < -0.3 is 14.6 Å². The number of halogens is 1. The Kier molecular flexibility index (Phi) is 6.36. The number of hydrogen-bond acceptors (Lipinski definition) is 5. The fourth-order valence-corrected chi connectivity index (χ4v) is 3.28. The molecule has 1 aromatic heterocycles. The van der Waals surface area contributed by atoms with Crippen LogP contribution in [0.3, 0.4) is 0 Å². The van der Waals surface area contributed by atoms with Crippen LogP contribution in [0.5, 0.6) is 5.75 Å². The number of anilines is 1. The molecule has 27 heavy (non-hydrogen) atoms. The molecule has 0 aliphatic carbocycles. The van der Waals surface area contributed by atoms with Gasteiger partial charge in [0, 0.05) is 12.7 Å². The van der Waals surface area contributed by atoms with Gasteiger partial charge in [-0.25, -0.2) is 0 Å². The van der Waals surface area contributed by atoms with E-state index in [2.05, 4.69) is 15.5 Å². The normalized spacial score (nSPS) is 11.8. The van der Waals surface area contributed by atoms with Gasteiger partial charge in [-0.15, -0.1) is 10.2 Å². The van der Waals surface area contributed by atoms with Gasteiger partial charge in [-0.05, 0) is 31.2 Å². The second-order valence-electron chi connectivity index (χ2n) is 5.79. The molecule has 6 nitrogen and oxygen atoms in total. The average molecular weight is 403 g/mol. The van der Waals surface area contributed by atoms with Crippen LogP contribution in [0.15, 0.2) is 59.8 Å². The Balaban J connectivity index is 1.59. The molecule has 1 atom stereocenters. The number of thioether (sulfide) groups is 1. The van der Waals surface area contributed by atoms with E-state index in [4.69, 9.17) is 16.3 Å². The molecular weight excluding hydrogens is 384 g/mol. The third kappa shape index (κ3) is 5.02. The molecule has 0 fully saturated rings. The molecule has 0 spiro atoms. The second-order valence-corrected chi connectivity index (χ2v) is 7.51. The van der Waals surface area contributed by atoms with Crippen LogP contribution < -0.4 is 10.1 Å². The van der Waals surface area contributed by atoms with Crippen LogP contribution in [-0.4, -0.2) is 25.9 Å². The zero-order chi connectivity index (χ0) is 19.2. The van der Waals surface area contributed by atoms with Crippen molar-refractivity contribution in [3.05, 3.63) is 65.4 Å². The molecule has 2 aromatic carbocycles. The van der Waals surface area contributed by atoms with E-state index in [0.717, 1.165) is 5.69 Å². The highest BCUT2D eigenvalue weighted by Crippen LogP contribution is 2.25. The third-order valence-electron chi connectivity index (χ3n) is 3.81. The van der Waals surface area contributed by atoms with Crippen LogP contribution in [0.2, 0.25) is 5.02 Å². The van der Waals surface area contributed by atoms with E-state index in [9.17, 15) is 4.79 Å². The number of rotatable bonds is 7. The van der Waals surface area contributed by atoms with Crippen molar-refractivity contribution in [2.75, 3.05) is 5.32 Å². The molecule has 1 heterocycles. The summed E-state index contributed by atoms with van der Waals surface area (Å²) in [5, 5.41) is 12.1. The minimum atomic E-state index is -0.328. The van der Waals surface area contributed by atoms with Gasteiger partial charge in [-0.1, -0.05) is 53.7 Å². The maximum absolute atomic E-state index is 12.4. The zero-order valence-electron chi connectivity index (χ0n) is 14.9. The van der Waals surface area contributed by atoms with E-state index >= 15 is 0 Å². The molecule has 140 valence electrons. The van der Waals surface area contributed by atoms with Crippen LogP contribution in [0.1, 0.15) is 12.7 Å². The molecule has 0 aliphatic rings. The standard InChI is InChI=1S/C19H19ClN4O2S/c1-13(18(25)21-14-8-4-3-5-9-14)27-19-23-22-17(24(19)2)12-26-16-11-7-6-10-15(16)20/h3-11,13H,12H2,1-2H3,(H,21,25)/t13-/m0/s1. The SMILES string of the molecule is C[C@H](Sc1nnc(COc2ccccc2Cl)n1C)C(=O)Nc1ccccc1. The molecule has 0 saturated carbocycles. The summed E-state index contributed by atoms with van der Waals surface area (Å²) in [6.07, 6.45) is 0. The van der Waals surface area contributed by atoms with Crippen molar-refractivity contribution in [1.29, 1.82) is 0 Å². The number of carbonyl (C=O) groups is 1. The van der Waals surface area contributed by atoms with Gasteiger partial charge in [0.2, 0.25) is 5.91 Å². The maximum atomic E-state index is 12.4. The van der Waals surface area contributed by atoms with Gasteiger partial charge in [0.25, 0.3) is 0 Å².